The molecular weight excluding hydrogens is 445 g/mol. The van der Waals surface area contributed by atoms with E-state index in [0.29, 0.717) is 45.7 Å². The van der Waals surface area contributed by atoms with Gasteiger partial charge in [0, 0.05) is 25.5 Å². The first-order chi connectivity index (χ1) is 14.8. The van der Waals surface area contributed by atoms with Crippen molar-refractivity contribution in [2.45, 2.75) is 20.0 Å². The summed E-state index contributed by atoms with van der Waals surface area (Å²) in [5.74, 6) is 0.541. The van der Waals surface area contributed by atoms with Gasteiger partial charge in [-0.05, 0) is 24.6 Å². The molecule has 0 spiro atoms. The molecule has 0 saturated carbocycles. The van der Waals surface area contributed by atoms with Crippen LogP contribution in [0.4, 0.5) is 0 Å². The van der Waals surface area contributed by atoms with Crippen molar-refractivity contribution in [2.75, 3.05) is 19.8 Å². The van der Waals surface area contributed by atoms with Gasteiger partial charge in [-0.3, -0.25) is 18.3 Å². The Labute approximate surface area is 186 Å². The first-order valence-corrected chi connectivity index (χ1v) is 10.4. The van der Waals surface area contributed by atoms with Crippen LogP contribution in [-0.4, -0.2) is 48.0 Å². The van der Waals surface area contributed by atoms with E-state index in [1.807, 2.05) is 17.7 Å². The van der Waals surface area contributed by atoms with Crippen LogP contribution in [0.5, 0.6) is 0 Å². The molecule has 3 aromatic heterocycles. The number of hydrogen-bond acceptors (Lipinski definition) is 5. The molecule has 31 heavy (non-hydrogen) atoms. The summed E-state index contributed by atoms with van der Waals surface area (Å²) < 4.78 is 11.5. The van der Waals surface area contributed by atoms with E-state index in [9.17, 15) is 9.59 Å². The molecule has 0 fully saturated rings. The van der Waals surface area contributed by atoms with Gasteiger partial charge in [0.2, 0.25) is 5.78 Å². The summed E-state index contributed by atoms with van der Waals surface area (Å²) in [6.07, 6.45) is 1.81. The summed E-state index contributed by atoms with van der Waals surface area (Å²) in [6.45, 7) is 3.05. The van der Waals surface area contributed by atoms with Gasteiger partial charge >= 0.3 is 5.69 Å². The van der Waals surface area contributed by atoms with Gasteiger partial charge in [-0.25, -0.2) is 4.79 Å². The van der Waals surface area contributed by atoms with Crippen LogP contribution < -0.4 is 11.2 Å². The van der Waals surface area contributed by atoms with E-state index in [1.165, 1.54) is 4.57 Å². The molecule has 0 aliphatic heterocycles. The number of fused-ring (bicyclic) bond motifs is 3. The predicted molar refractivity (Wildman–Crippen MR) is 118 cm³/mol. The van der Waals surface area contributed by atoms with E-state index >= 15 is 0 Å². The SMILES string of the molecule is Cc1cn2c3c(=O)n(Cc4ccc(Cl)c(Cl)c4)c(=O)n(C)c3nc2n1CCOCCO. The lowest BCUT2D eigenvalue weighted by Crippen LogP contribution is -2.39. The van der Waals surface area contributed by atoms with Crippen molar-refractivity contribution in [1.82, 2.24) is 23.1 Å². The molecule has 9 nitrogen and oxygen atoms in total. The topological polar surface area (TPSA) is 95.7 Å². The normalized spacial score (nSPS) is 11.8. The number of imidazole rings is 2. The molecule has 4 aromatic rings. The highest BCUT2D eigenvalue weighted by atomic mass is 35.5. The third-order valence-corrected chi connectivity index (χ3v) is 5.90. The average molecular weight is 466 g/mol. The van der Waals surface area contributed by atoms with Crippen LogP contribution in [0.2, 0.25) is 10.0 Å². The number of rotatable bonds is 7. The molecule has 0 unspecified atom stereocenters. The molecule has 0 amide bonds. The molecular formula is C20H21Cl2N5O4. The molecule has 164 valence electrons. The molecule has 0 aliphatic carbocycles. The van der Waals surface area contributed by atoms with E-state index in [1.54, 1.807) is 29.6 Å². The lowest BCUT2D eigenvalue weighted by atomic mass is 10.2. The van der Waals surface area contributed by atoms with Gasteiger partial charge in [-0.1, -0.05) is 29.3 Å². The van der Waals surface area contributed by atoms with Crippen LogP contribution in [-0.2, 0) is 24.9 Å². The molecule has 0 aliphatic rings. The van der Waals surface area contributed by atoms with E-state index in [0.717, 1.165) is 10.3 Å². The highest BCUT2D eigenvalue weighted by Crippen LogP contribution is 2.23. The molecule has 0 bridgehead atoms. The zero-order valence-corrected chi connectivity index (χ0v) is 18.5. The summed E-state index contributed by atoms with van der Waals surface area (Å²) in [5.41, 5.74) is 1.28. The maximum absolute atomic E-state index is 13.3. The fourth-order valence-electron chi connectivity index (χ4n) is 3.61. The second-order valence-corrected chi connectivity index (χ2v) is 8.01. The molecule has 11 heteroatoms. The highest BCUT2D eigenvalue weighted by molar-refractivity contribution is 6.42. The second-order valence-electron chi connectivity index (χ2n) is 7.19. The van der Waals surface area contributed by atoms with Gasteiger partial charge in [-0.15, -0.1) is 0 Å². The molecule has 1 N–H and O–H groups in total. The summed E-state index contributed by atoms with van der Waals surface area (Å²) in [4.78, 5) is 30.8. The van der Waals surface area contributed by atoms with Crippen molar-refractivity contribution in [1.29, 1.82) is 0 Å². The van der Waals surface area contributed by atoms with Gasteiger partial charge < -0.3 is 14.4 Å². The van der Waals surface area contributed by atoms with E-state index < -0.39 is 11.2 Å². The number of benzene rings is 1. The maximum Gasteiger partial charge on any atom is 0.332 e. The third kappa shape index (κ3) is 3.78. The van der Waals surface area contributed by atoms with Crippen LogP contribution in [0, 0.1) is 6.92 Å². The fourth-order valence-corrected chi connectivity index (χ4v) is 3.93. The molecule has 1 aromatic carbocycles. The zero-order chi connectivity index (χ0) is 22.3. The van der Waals surface area contributed by atoms with Gasteiger partial charge in [0.1, 0.15) is 0 Å². The first-order valence-electron chi connectivity index (χ1n) is 9.63. The van der Waals surface area contributed by atoms with Crippen molar-refractivity contribution in [3.8, 4) is 0 Å². The molecule has 0 radical (unpaired) electrons. The number of nitrogens with zero attached hydrogens (tertiary/aromatic N) is 5. The minimum absolute atomic E-state index is 0.0478. The highest BCUT2D eigenvalue weighted by Gasteiger charge is 2.20. The van der Waals surface area contributed by atoms with Gasteiger partial charge in [0.15, 0.2) is 11.2 Å². The lowest BCUT2D eigenvalue weighted by molar-refractivity contribution is 0.0872. The van der Waals surface area contributed by atoms with Gasteiger partial charge in [-0.2, -0.15) is 4.98 Å². The minimum Gasteiger partial charge on any atom is -0.394 e. The Hall–Kier alpha value is -2.59. The summed E-state index contributed by atoms with van der Waals surface area (Å²) in [5, 5.41) is 9.62. The van der Waals surface area contributed by atoms with Crippen LogP contribution in [0.1, 0.15) is 11.3 Å². The van der Waals surface area contributed by atoms with Crippen molar-refractivity contribution in [3.63, 3.8) is 0 Å². The third-order valence-electron chi connectivity index (χ3n) is 5.16. The summed E-state index contributed by atoms with van der Waals surface area (Å²) >= 11 is 12.1. The molecule has 0 atom stereocenters. The molecule has 3 heterocycles. The fraction of sp³-hybridized carbons (Fsp3) is 0.350. The number of halogens is 2. The molecule has 4 rings (SSSR count). The number of hydrogen-bond donors (Lipinski definition) is 1. The standard InChI is InChI=1S/C20H21Cl2N5O4/c1-12-10-26-16-17(23-19(26)25(12)5-7-31-8-6-28)24(2)20(30)27(18(16)29)11-13-3-4-14(21)15(22)9-13/h3-4,9-10,28H,5-8,11H2,1-2H3. The average Bonchev–Trinajstić information content (AvgIpc) is 3.25. The monoisotopic (exact) mass is 465 g/mol. The molecule has 0 saturated heterocycles. The van der Waals surface area contributed by atoms with Crippen molar-refractivity contribution < 1.29 is 9.84 Å². The second kappa shape index (κ2) is 8.51. The Balaban J connectivity index is 1.84. The largest absolute Gasteiger partial charge is 0.394 e. The van der Waals surface area contributed by atoms with Gasteiger partial charge in [0.05, 0.1) is 36.4 Å². The van der Waals surface area contributed by atoms with E-state index in [-0.39, 0.29) is 19.8 Å². The number of aryl methyl sites for hydroxylation is 2. The predicted octanol–water partition coefficient (Wildman–Crippen LogP) is 1.82. The van der Waals surface area contributed by atoms with Crippen LogP contribution in [0.25, 0.3) is 16.9 Å². The Morgan fingerprint density at radius 2 is 1.90 bits per heavy atom. The smallest absolute Gasteiger partial charge is 0.332 e. The van der Waals surface area contributed by atoms with Crippen molar-refractivity contribution in [3.05, 3.63) is 66.5 Å². The van der Waals surface area contributed by atoms with Gasteiger partial charge in [0.25, 0.3) is 5.56 Å². The van der Waals surface area contributed by atoms with E-state index in [4.69, 9.17) is 33.0 Å². The number of ether oxygens (including phenoxy) is 1. The number of aliphatic hydroxyl groups excluding tert-OH is 1. The lowest BCUT2D eigenvalue weighted by Gasteiger charge is -2.09. The zero-order valence-electron chi connectivity index (χ0n) is 17.0. The van der Waals surface area contributed by atoms with Crippen LogP contribution >= 0.6 is 23.2 Å². The van der Waals surface area contributed by atoms with Crippen LogP contribution in [0.3, 0.4) is 0 Å². The maximum atomic E-state index is 13.3. The summed E-state index contributed by atoms with van der Waals surface area (Å²) in [6, 6.07) is 4.99. The number of aromatic nitrogens is 5. The van der Waals surface area contributed by atoms with E-state index in [2.05, 4.69) is 4.98 Å². The quantitative estimate of drug-likeness (QED) is 0.420. The Morgan fingerprint density at radius 3 is 2.61 bits per heavy atom. The Morgan fingerprint density at radius 1 is 1.13 bits per heavy atom. The van der Waals surface area contributed by atoms with Crippen molar-refractivity contribution >= 4 is 40.1 Å². The number of aliphatic hydroxyl groups is 1. The Kier molecular flexibility index (Phi) is 5.94. The first kappa shape index (κ1) is 21.6. The Bertz CT molecular complexity index is 1400. The summed E-state index contributed by atoms with van der Waals surface area (Å²) in [7, 11) is 1.59. The van der Waals surface area contributed by atoms with Crippen molar-refractivity contribution in [2.24, 2.45) is 7.05 Å². The minimum atomic E-state index is -0.473. The van der Waals surface area contributed by atoms with Crippen LogP contribution in [0.15, 0.2) is 34.0 Å².